The summed E-state index contributed by atoms with van der Waals surface area (Å²) in [5.41, 5.74) is 3.04. The van der Waals surface area contributed by atoms with E-state index in [9.17, 15) is 4.79 Å². The maximum atomic E-state index is 12.9. The summed E-state index contributed by atoms with van der Waals surface area (Å²) < 4.78 is 4.40. The Kier molecular flexibility index (Phi) is 4.91. The topological polar surface area (TPSA) is 90.5 Å². The SMILES string of the molecule is CC(C)n1c(CNC(=O)c2cc(Br)ccc2-n2cnnn2)nc2ccccc21. The van der Waals surface area contributed by atoms with Gasteiger partial charge in [0.25, 0.3) is 5.91 Å². The molecular formula is C19H18BrN7O. The van der Waals surface area contributed by atoms with E-state index >= 15 is 0 Å². The van der Waals surface area contributed by atoms with Gasteiger partial charge in [0.05, 0.1) is 28.8 Å². The third-order valence-corrected chi connectivity index (χ3v) is 4.88. The molecule has 142 valence electrons. The highest BCUT2D eigenvalue weighted by Crippen LogP contribution is 2.22. The molecule has 0 atom stereocenters. The highest BCUT2D eigenvalue weighted by molar-refractivity contribution is 9.10. The highest BCUT2D eigenvalue weighted by atomic mass is 79.9. The average molecular weight is 440 g/mol. The van der Waals surface area contributed by atoms with Crippen molar-refractivity contribution in [3.8, 4) is 5.69 Å². The van der Waals surface area contributed by atoms with Gasteiger partial charge in [-0.15, -0.1) is 5.10 Å². The number of nitrogens with zero attached hydrogens (tertiary/aromatic N) is 6. The van der Waals surface area contributed by atoms with Gasteiger partial charge >= 0.3 is 0 Å². The number of nitrogens with one attached hydrogen (secondary N) is 1. The van der Waals surface area contributed by atoms with Gasteiger partial charge in [0.1, 0.15) is 12.2 Å². The van der Waals surface area contributed by atoms with Crippen LogP contribution in [0.1, 0.15) is 36.1 Å². The molecule has 4 rings (SSSR count). The Balaban J connectivity index is 1.64. The fourth-order valence-electron chi connectivity index (χ4n) is 3.21. The van der Waals surface area contributed by atoms with Crippen molar-refractivity contribution < 1.29 is 4.79 Å². The molecule has 0 aliphatic heterocycles. The van der Waals surface area contributed by atoms with Gasteiger partial charge in [-0.1, -0.05) is 28.1 Å². The zero-order chi connectivity index (χ0) is 19.7. The second kappa shape index (κ2) is 7.51. The normalized spacial score (nSPS) is 11.3. The van der Waals surface area contributed by atoms with Crippen LogP contribution in [0.15, 0.2) is 53.3 Å². The number of imidazole rings is 1. The summed E-state index contributed by atoms with van der Waals surface area (Å²) in [6.07, 6.45) is 1.46. The molecule has 28 heavy (non-hydrogen) atoms. The van der Waals surface area contributed by atoms with Gasteiger partial charge < -0.3 is 9.88 Å². The van der Waals surface area contributed by atoms with E-state index in [-0.39, 0.29) is 11.9 Å². The van der Waals surface area contributed by atoms with Gasteiger partial charge in [-0.25, -0.2) is 4.98 Å². The minimum Gasteiger partial charge on any atom is -0.345 e. The number of fused-ring (bicyclic) bond motifs is 1. The van der Waals surface area contributed by atoms with Gasteiger partial charge in [-0.3, -0.25) is 4.79 Å². The summed E-state index contributed by atoms with van der Waals surface area (Å²) in [5, 5.41) is 14.2. The van der Waals surface area contributed by atoms with Crippen LogP contribution >= 0.6 is 15.9 Å². The van der Waals surface area contributed by atoms with Crippen LogP contribution in [0.2, 0.25) is 0 Å². The maximum Gasteiger partial charge on any atom is 0.253 e. The Bertz CT molecular complexity index is 1130. The van der Waals surface area contributed by atoms with E-state index < -0.39 is 0 Å². The number of rotatable bonds is 5. The van der Waals surface area contributed by atoms with Crippen LogP contribution < -0.4 is 5.32 Å². The molecule has 0 fully saturated rings. The second-order valence-corrected chi connectivity index (χ2v) is 7.49. The van der Waals surface area contributed by atoms with E-state index in [1.54, 1.807) is 12.1 Å². The average Bonchev–Trinajstić information content (AvgIpc) is 3.33. The maximum absolute atomic E-state index is 12.9. The van der Waals surface area contributed by atoms with Crippen LogP contribution in [0.25, 0.3) is 16.7 Å². The molecule has 9 heteroatoms. The van der Waals surface area contributed by atoms with E-state index in [0.717, 1.165) is 21.3 Å². The standard InChI is InChI=1S/C19H18BrN7O/c1-12(2)27-17-6-4-3-5-15(17)23-18(27)10-21-19(28)14-9-13(20)7-8-16(14)26-11-22-24-25-26/h3-9,11-12H,10H2,1-2H3,(H,21,28). The van der Waals surface area contributed by atoms with E-state index in [1.165, 1.54) is 11.0 Å². The van der Waals surface area contributed by atoms with Crippen LogP contribution in [0, 0.1) is 0 Å². The molecule has 2 aromatic carbocycles. The van der Waals surface area contributed by atoms with Crippen LogP contribution in [0.3, 0.4) is 0 Å². The second-order valence-electron chi connectivity index (χ2n) is 6.58. The highest BCUT2D eigenvalue weighted by Gasteiger charge is 2.17. The Morgan fingerprint density at radius 1 is 1.21 bits per heavy atom. The van der Waals surface area contributed by atoms with Gasteiger partial charge in [-0.2, -0.15) is 4.68 Å². The quantitative estimate of drug-likeness (QED) is 0.515. The van der Waals surface area contributed by atoms with Crippen molar-refractivity contribution >= 4 is 32.9 Å². The van der Waals surface area contributed by atoms with Crippen LogP contribution in [0.5, 0.6) is 0 Å². The molecule has 1 amide bonds. The molecule has 4 aromatic rings. The van der Waals surface area contributed by atoms with Crippen LogP contribution in [0.4, 0.5) is 0 Å². The first-order valence-corrected chi connectivity index (χ1v) is 9.61. The summed E-state index contributed by atoms with van der Waals surface area (Å²) >= 11 is 3.42. The van der Waals surface area contributed by atoms with Crippen molar-refractivity contribution in [2.45, 2.75) is 26.4 Å². The number of tetrazole rings is 1. The van der Waals surface area contributed by atoms with Crippen molar-refractivity contribution in [3.05, 3.63) is 64.7 Å². The Morgan fingerprint density at radius 3 is 2.79 bits per heavy atom. The zero-order valence-electron chi connectivity index (χ0n) is 15.4. The number of halogens is 1. The minimum atomic E-state index is -0.228. The van der Waals surface area contributed by atoms with Crippen molar-refractivity contribution in [1.82, 2.24) is 35.1 Å². The summed E-state index contributed by atoms with van der Waals surface area (Å²) in [6, 6.07) is 13.6. The molecule has 2 heterocycles. The van der Waals surface area contributed by atoms with Crippen molar-refractivity contribution in [2.24, 2.45) is 0 Å². The molecule has 0 saturated heterocycles. The lowest BCUT2D eigenvalue weighted by atomic mass is 10.1. The lowest BCUT2D eigenvalue weighted by Gasteiger charge is -2.14. The molecule has 0 saturated carbocycles. The number of hydrogen-bond acceptors (Lipinski definition) is 5. The van der Waals surface area contributed by atoms with E-state index in [4.69, 9.17) is 4.98 Å². The first-order valence-electron chi connectivity index (χ1n) is 8.81. The summed E-state index contributed by atoms with van der Waals surface area (Å²) in [6.45, 7) is 4.51. The first kappa shape index (κ1) is 18.3. The lowest BCUT2D eigenvalue weighted by molar-refractivity contribution is 0.0949. The van der Waals surface area contributed by atoms with Crippen molar-refractivity contribution in [2.75, 3.05) is 0 Å². The fourth-order valence-corrected chi connectivity index (χ4v) is 3.57. The number of para-hydroxylation sites is 2. The van der Waals surface area contributed by atoms with Crippen LogP contribution in [-0.4, -0.2) is 35.7 Å². The number of amides is 1. The molecule has 0 bridgehead atoms. The van der Waals surface area contributed by atoms with E-state index in [2.05, 4.69) is 55.2 Å². The molecule has 2 aromatic heterocycles. The van der Waals surface area contributed by atoms with E-state index in [1.807, 2.05) is 30.3 Å². The largest absolute Gasteiger partial charge is 0.345 e. The van der Waals surface area contributed by atoms with Gasteiger partial charge in [0.15, 0.2) is 0 Å². The van der Waals surface area contributed by atoms with Crippen molar-refractivity contribution in [3.63, 3.8) is 0 Å². The number of carbonyl (C=O) groups excluding carboxylic acids is 1. The fraction of sp³-hybridized carbons (Fsp3) is 0.211. The molecule has 0 aliphatic rings. The number of hydrogen-bond donors (Lipinski definition) is 1. The number of aromatic nitrogens is 6. The summed E-state index contributed by atoms with van der Waals surface area (Å²) in [7, 11) is 0. The Hall–Kier alpha value is -3.07. The third kappa shape index (κ3) is 3.40. The zero-order valence-corrected chi connectivity index (χ0v) is 17.0. The van der Waals surface area contributed by atoms with Gasteiger partial charge in [-0.05, 0) is 54.6 Å². The predicted octanol–water partition coefficient (Wildman–Crippen LogP) is 3.29. The molecule has 0 radical (unpaired) electrons. The Labute approximate surface area is 169 Å². The molecule has 1 N–H and O–H groups in total. The van der Waals surface area contributed by atoms with Gasteiger partial charge in [0.2, 0.25) is 0 Å². The van der Waals surface area contributed by atoms with E-state index in [0.29, 0.717) is 17.8 Å². The first-order chi connectivity index (χ1) is 13.5. The predicted molar refractivity (Wildman–Crippen MR) is 108 cm³/mol. The molecular weight excluding hydrogens is 422 g/mol. The van der Waals surface area contributed by atoms with Crippen molar-refractivity contribution in [1.29, 1.82) is 0 Å². The summed E-state index contributed by atoms with van der Waals surface area (Å²) in [4.78, 5) is 17.6. The summed E-state index contributed by atoms with van der Waals surface area (Å²) in [5.74, 6) is 0.581. The molecule has 0 spiro atoms. The van der Waals surface area contributed by atoms with Crippen LogP contribution in [-0.2, 0) is 6.54 Å². The molecule has 0 aliphatic carbocycles. The molecule has 8 nitrogen and oxygen atoms in total. The molecule has 0 unspecified atom stereocenters. The lowest BCUT2D eigenvalue weighted by Crippen LogP contribution is -2.26. The monoisotopic (exact) mass is 439 g/mol. The number of benzene rings is 2. The minimum absolute atomic E-state index is 0.224. The Morgan fingerprint density at radius 2 is 2.04 bits per heavy atom. The smallest absolute Gasteiger partial charge is 0.253 e. The third-order valence-electron chi connectivity index (χ3n) is 4.39. The van der Waals surface area contributed by atoms with Gasteiger partial charge in [0, 0.05) is 10.5 Å². The number of carbonyl (C=O) groups is 1.